The van der Waals surface area contributed by atoms with Gasteiger partial charge in [0.1, 0.15) is 5.41 Å². The number of nitrogens with zero attached hydrogens (tertiary/aromatic N) is 2. The lowest BCUT2D eigenvalue weighted by Gasteiger charge is -2.38. The number of rotatable bonds is 4. The third kappa shape index (κ3) is 2.44. The summed E-state index contributed by atoms with van der Waals surface area (Å²) < 4.78 is 1.37. The van der Waals surface area contributed by atoms with Crippen LogP contribution in [0.15, 0.2) is 4.99 Å². The quantitative estimate of drug-likeness (QED) is 0.350. The van der Waals surface area contributed by atoms with E-state index in [0.717, 1.165) is 24.8 Å². The smallest absolute Gasteiger partial charge is 0.264 e. The summed E-state index contributed by atoms with van der Waals surface area (Å²) >= 11 is 2.69. The fraction of sp³-hybridized carbons (Fsp3) is 0.727. The van der Waals surface area contributed by atoms with Crippen molar-refractivity contribution < 1.29 is 9.59 Å². The highest BCUT2D eigenvalue weighted by Crippen LogP contribution is 2.42. The van der Waals surface area contributed by atoms with Crippen molar-refractivity contribution in [3.63, 3.8) is 0 Å². The average Bonchev–Trinajstić information content (AvgIpc) is 2.35. The summed E-state index contributed by atoms with van der Waals surface area (Å²) in [5, 5.41) is 5.68. The zero-order chi connectivity index (χ0) is 13.9. The van der Waals surface area contributed by atoms with Crippen molar-refractivity contribution in [2.24, 2.45) is 21.5 Å². The van der Waals surface area contributed by atoms with Crippen molar-refractivity contribution in [2.75, 3.05) is 0 Å². The molecule has 0 aliphatic carbocycles. The van der Waals surface area contributed by atoms with Crippen LogP contribution < -0.4 is 5.14 Å². The molecule has 0 aromatic rings. The Labute approximate surface area is 126 Å². The van der Waals surface area contributed by atoms with E-state index in [1.807, 2.05) is 43.6 Å². The fourth-order valence-electron chi connectivity index (χ4n) is 2.41. The summed E-state index contributed by atoms with van der Waals surface area (Å²) in [6.07, 6.45) is 2.24. The minimum atomic E-state index is -1.02. The number of hydrogen-bond donors (Lipinski definition) is 1. The minimum absolute atomic E-state index is 0.0159. The van der Waals surface area contributed by atoms with Gasteiger partial charge in [0.05, 0.1) is 22.9 Å². The van der Waals surface area contributed by atoms with E-state index in [1.165, 1.54) is 3.11 Å². The number of nitrogens with two attached hydrogens (primary N) is 1. The van der Waals surface area contributed by atoms with Gasteiger partial charge < -0.3 is 0 Å². The van der Waals surface area contributed by atoms with Gasteiger partial charge in [0.2, 0.25) is 0 Å². The van der Waals surface area contributed by atoms with Crippen LogP contribution in [-0.2, 0) is 9.59 Å². The predicted molar refractivity (Wildman–Crippen MR) is 81.9 cm³/mol. The van der Waals surface area contributed by atoms with Gasteiger partial charge in [-0.2, -0.15) is 4.99 Å². The predicted octanol–water partition coefficient (Wildman–Crippen LogP) is 2.50. The topological polar surface area (TPSA) is 75.8 Å². The van der Waals surface area contributed by atoms with Crippen LogP contribution >= 0.6 is 34.8 Å². The van der Waals surface area contributed by atoms with Gasteiger partial charge in [-0.15, -0.1) is 0 Å². The van der Waals surface area contributed by atoms with Gasteiger partial charge in [-0.3, -0.25) is 14.7 Å². The van der Waals surface area contributed by atoms with E-state index in [1.54, 1.807) is 0 Å². The van der Waals surface area contributed by atoms with E-state index >= 15 is 0 Å². The second-order valence-corrected chi connectivity index (χ2v) is 5.98. The maximum absolute atomic E-state index is 12.5. The molecule has 2 atom stereocenters. The van der Waals surface area contributed by atoms with E-state index in [4.69, 9.17) is 5.14 Å². The molecule has 2 N–H and O–H groups in total. The number of carbonyl (C=O) groups is 2. The summed E-state index contributed by atoms with van der Waals surface area (Å²) in [5.41, 5.74) is -1.02. The molecule has 0 bridgehead atoms. The highest BCUT2D eigenvalue weighted by atomic mass is 127. The lowest BCUT2D eigenvalue weighted by atomic mass is 9.70. The van der Waals surface area contributed by atoms with Crippen molar-refractivity contribution >= 4 is 51.8 Å². The molecule has 0 saturated carbocycles. The van der Waals surface area contributed by atoms with Crippen LogP contribution in [0.1, 0.15) is 40.0 Å². The Morgan fingerprint density at radius 1 is 1.50 bits per heavy atom. The van der Waals surface area contributed by atoms with E-state index in [-0.39, 0.29) is 22.9 Å². The third-order valence-corrected chi connectivity index (χ3v) is 5.24. The molecule has 2 unspecified atom stereocenters. The van der Waals surface area contributed by atoms with Gasteiger partial charge in [-0.05, 0) is 30.7 Å². The molecule has 2 amide bonds. The maximum atomic E-state index is 12.5. The molecule has 0 aromatic heterocycles. The van der Waals surface area contributed by atoms with Crippen LogP contribution in [0.4, 0.5) is 0 Å². The first kappa shape index (κ1) is 15.9. The highest BCUT2D eigenvalue weighted by molar-refractivity contribution is 14.1. The van der Waals surface area contributed by atoms with Crippen LogP contribution in [0.2, 0.25) is 0 Å². The Morgan fingerprint density at radius 3 is 2.56 bits per heavy atom. The Morgan fingerprint density at radius 2 is 2.11 bits per heavy atom. The summed E-state index contributed by atoms with van der Waals surface area (Å²) in [7, 11) is 0. The first-order valence-electron chi connectivity index (χ1n) is 5.95. The van der Waals surface area contributed by atoms with E-state index in [0.29, 0.717) is 6.42 Å². The normalized spacial score (nSPS) is 26.3. The zero-order valence-electron chi connectivity index (χ0n) is 10.8. The van der Waals surface area contributed by atoms with Gasteiger partial charge in [0, 0.05) is 0 Å². The Balaban J connectivity index is 3.24. The number of aliphatic imine (C=N–C) groups is 1. The first-order valence-corrected chi connectivity index (χ1v) is 7.80. The van der Waals surface area contributed by atoms with Crippen molar-refractivity contribution in [3.8, 4) is 0 Å². The molecule has 5 nitrogen and oxygen atoms in total. The number of carbonyl (C=O) groups excluding carboxylic acids is 2. The lowest BCUT2D eigenvalue weighted by molar-refractivity contribution is -0.148. The molecule has 1 aliphatic rings. The summed E-state index contributed by atoms with van der Waals surface area (Å²) in [5.74, 6) is -0.561. The number of amides is 2. The first-order chi connectivity index (χ1) is 8.45. The molecule has 0 fully saturated rings. The molecule has 1 rings (SSSR count). The van der Waals surface area contributed by atoms with E-state index in [9.17, 15) is 9.59 Å². The molecule has 0 spiro atoms. The highest BCUT2D eigenvalue weighted by Gasteiger charge is 2.53. The van der Waals surface area contributed by atoms with Gasteiger partial charge in [-0.25, -0.2) is 3.11 Å². The van der Waals surface area contributed by atoms with Gasteiger partial charge >= 0.3 is 0 Å². The largest absolute Gasteiger partial charge is 0.272 e. The lowest BCUT2D eigenvalue weighted by Crippen LogP contribution is -2.53. The molecule has 18 heavy (non-hydrogen) atoms. The number of hydrogen-bond acceptors (Lipinski definition) is 4. The molecule has 0 saturated heterocycles. The van der Waals surface area contributed by atoms with Crippen molar-refractivity contribution in [3.05, 3.63) is 0 Å². The second kappa shape index (κ2) is 6.33. The molecular weight excluding hydrogens is 365 g/mol. The molecule has 102 valence electrons. The molecule has 0 radical (unpaired) electrons. The second-order valence-electron chi connectivity index (χ2n) is 4.42. The van der Waals surface area contributed by atoms with Crippen LogP contribution in [0.3, 0.4) is 0 Å². The van der Waals surface area contributed by atoms with Crippen LogP contribution in [0.25, 0.3) is 0 Å². The Hall–Kier alpha value is -0.150. The van der Waals surface area contributed by atoms with Crippen LogP contribution in [0, 0.1) is 11.3 Å². The van der Waals surface area contributed by atoms with Gasteiger partial charge in [0.25, 0.3) is 11.8 Å². The number of amidine groups is 1. The van der Waals surface area contributed by atoms with Crippen molar-refractivity contribution in [2.45, 2.75) is 40.0 Å². The van der Waals surface area contributed by atoms with E-state index in [2.05, 4.69) is 4.99 Å². The van der Waals surface area contributed by atoms with Gasteiger partial charge in [0.15, 0.2) is 5.17 Å². The van der Waals surface area contributed by atoms with Crippen molar-refractivity contribution in [1.82, 2.24) is 3.11 Å². The summed E-state index contributed by atoms with van der Waals surface area (Å²) in [6, 6.07) is 0. The summed E-state index contributed by atoms with van der Waals surface area (Å²) in [6.45, 7) is 5.86. The SMILES string of the molecule is CCCC(C)C1(CC)C(=O)N=C(SN)N(I)C1=O. The molecular formula is C11H18IN3O2S. The van der Waals surface area contributed by atoms with E-state index < -0.39 is 5.41 Å². The average molecular weight is 383 g/mol. The minimum Gasteiger partial charge on any atom is -0.272 e. The summed E-state index contributed by atoms with van der Waals surface area (Å²) in [4.78, 5) is 28.8. The van der Waals surface area contributed by atoms with Crippen LogP contribution in [0.5, 0.6) is 0 Å². The molecule has 1 aliphatic heterocycles. The molecule has 0 aromatic carbocycles. The Bertz CT molecular complexity index is 388. The monoisotopic (exact) mass is 383 g/mol. The van der Waals surface area contributed by atoms with Gasteiger partial charge in [-0.1, -0.05) is 27.2 Å². The molecule has 7 heteroatoms. The van der Waals surface area contributed by atoms with Crippen molar-refractivity contribution in [1.29, 1.82) is 0 Å². The third-order valence-electron chi connectivity index (χ3n) is 3.53. The standard InChI is InChI=1S/C11H18IN3O2S/c1-4-6-7(3)11(5-2)8(16)14-10(18-13)15(12)9(11)17/h7H,4-6,13H2,1-3H3. The fourth-order valence-corrected chi connectivity index (χ4v) is 3.60. The Kier molecular flexibility index (Phi) is 5.60. The van der Waals surface area contributed by atoms with Crippen LogP contribution in [-0.4, -0.2) is 20.1 Å². The number of halogens is 1. The molecule has 1 heterocycles. The zero-order valence-corrected chi connectivity index (χ0v) is 13.7. The maximum Gasteiger partial charge on any atom is 0.264 e.